The smallest absolute Gasteiger partial charge is 0.410 e. The molecule has 1 aromatic rings. The number of carbonyl (C=O) groups excluding carboxylic acids is 1. The van der Waals surface area contributed by atoms with E-state index in [-0.39, 0.29) is 10.9 Å². The fourth-order valence-electron chi connectivity index (χ4n) is 2.61. The van der Waals surface area contributed by atoms with E-state index in [0.717, 1.165) is 12.0 Å². The van der Waals surface area contributed by atoms with Crippen LogP contribution in [0.4, 0.5) is 4.79 Å². The third-order valence-corrected chi connectivity index (χ3v) is 5.97. The number of hydrogen-bond donors (Lipinski definition) is 1. The van der Waals surface area contributed by atoms with E-state index in [1.165, 1.54) is 0 Å². The molecule has 1 atom stereocenters. The Hall–Kier alpha value is -1.12. The van der Waals surface area contributed by atoms with Crippen LogP contribution in [-0.2, 0) is 20.1 Å². The zero-order valence-corrected chi connectivity index (χ0v) is 17.2. The maximum Gasteiger partial charge on any atom is 0.410 e. The number of rotatable bonds is 4. The first-order valence-corrected chi connectivity index (χ1v) is 10.9. The highest BCUT2D eigenvalue weighted by Crippen LogP contribution is 2.18. The van der Waals surface area contributed by atoms with Gasteiger partial charge in [0.05, 0.1) is 4.90 Å². The number of alkyl halides is 1. The van der Waals surface area contributed by atoms with Gasteiger partial charge in [-0.15, -0.1) is 0 Å². The molecule has 0 saturated carbocycles. The molecule has 25 heavy (non-hydrogen) atoms. The molecule has 1 aromatic carbocycles. The summed E-state index contributed by atoms with van der Waals surface area (Å²) in [5.41, 5.74) is 0.438. The molecule has 1 amide bonds. The molecular formula is C17H25BrN2O4S. The van der Waals surface area contributed by atoms with Gasteiger partial charge in [0.1, 0.15) is 5.60 Å². The van der Waals surface area contributed by atoms with E-state index in [1.54, 1.807) is 29.2 Å². The van der Waals surface area contributed by atoms with Crippen LogP contribution in [0.2, 0.25) is 0 Å². The second-order valence-corrected chi connectivity index (χ2v) is 9.44. The quantitative estimate of drug-likeness (QED) is 0.740. The Balaban J connectivity index is 2.02. The van der Waals surface area contributed by atoms with Gasteiger partial charge in [-0.05, 0) is 51.3 Å². The van der Waals surface area contributed by atoms with Gasteiger partial charge in [0.25, 0.3) is 0 Å². The number of nitrogens with zero attached hydrogens (tertiary/aromatic N) is 1. The molecule has 6 nitrogen and oxygen atoms in total. The largest absolute Gasteiger partial charge is 0.444 e. The zero-order valence-electron chi connectivity index (χ0n) is 14.8. The van der Waals surface area contributed by atoms with Crippen LogP contribution in [0.15, 0.2) is 29.2 Å². The number of sulfonamides is 1. The standard InChI is InChI=1S/C17H25BrN2O4S/c1-17(2,3)24-16(21)20-10-4-5-14(12-20)19-25(22,23)15-8-6-13(11-18)7-9-15/h6-9,14,19H,4-5,10-12H2,1-3H3. The van der Waals surface area contributed by atoms with Crippen LogP contribution < -0.4 is 4.72 Å². The highest BCUT2D eigenvalue weighted by atomic mass is 79.9. The van der Waals surface area contributed by atoms with Gasteiger partial charge in [-0.3, -0.25) is 0 Å². The Labute approximate surface area is 158 Å². The Morgan fingerprint density at radius 3 is 2.52 bits per heavy atom. The van der Waals surface area contributed by atoms with Crippen LogP contribution in [0.3, 0.4) is 0 Å². The average molecular weight is 433 g/mol. The fourth-order valence-corrected chi connectivity index (χ4v) is 4.25. The molecule has 0 radical (unpaired) electrons. The lowest BCUT2D eigenvalue weighted by Gasteiger charge is -2.34. The number of ether oxygens (including phenoxy) is 1. The van der Waals surface area contributed by atoms with Crippen LogP contribution in [0.25, 0.3) is 0 Å². The van der Waals surface area contributed by atoms with Crippen LogP contribution in [0.5, 0.6) is 0 Å². The average Bonchev–Trinajstić information content (AvgIpc) is 2.53. The molecule has 0 aliphatic carbocycles. The lowest BCUT2D eigenvalue weighted by molar-refractivity contribution is 0.0195. The van der Waals surface area contributed by atoms with Crippen molar-refractivity contribution in [1.82, 2.24) is 9.62 Å². The molecule has 0 bridgehead atoms. The minimum absolute atomic E-state index is 0.228. The summed E-state index contributed by atoms with van der Waals surface area (Å²) >= 11 is 3.34. The van der Waals surface area contributed by atoms with Crippen LogP contribution >= 0.6 is 15.9 Å². The highest BCUT2D eigenvalue weighted by Gasteiger charge is 2.30. The van der Waals surface area contributed by atoms with Crippen molar-refractivity contribution in [3.63, 3.8) is 0 Å². The summed E-state index contributed by atoms with van der Waals surface area (Å²) in [5, 5.41) is 0.675. The van der Waals surface area contributed by atoms with Gasteiger partial charge in [0, 0.05) is 24.5 Å². The molecule has 1 saturated heterocycles. The normalized spacial score (nSPS) is 18.9. The first-order valence-electron chi connectivity index (χ1n) is 8.26. The molecule has 0 spiro atoms. The number of amides is 1. The summed E-state index contributed by atoms with van der Waals surface area (Å²) in [6.45, 7) is 6.32. The SMILES string of the molecule is CC(C)(C)OC(=O)N1CCCC(NS(=O)(=O)c2ccc(CBr)cc2)C1. The third kappa shape index (κ3) is 5.97. The van der Waals surface area contributed by atoms with Crippen molar-refractivity contribution in [1.29, 1.82) is 0 Å². The van der Waals surface area contributed by atoms with Gasteiger partial charge >= 0.3 is 6.09 Å². The van der Waals surface area contributed by atoms with Gasteiger partial charge in [0.15, 0.2) is 0 Å². The second-order valence-electron chi connectivity index (χ2n) is 7.16. The minimum atomic E-state index is -3.61. The molecule has 1 aliphatic heterocycles. The van der Waals surface area contributed by atoms with Gasteiger partial charge in [-0.2, -0.15) is 0 Å². The molecular weight excluding hydrogens is 408 g/mol. The number of halogens is 1. The topological polar surface area (TPSA) is 75.7 Å². The number of piperidine rings is 1. The Morgan fingerprint density at radius 1 is 1.32 bits per heavy atom. The van der Waals surface area contributed by atoms with E-state index in [4.69, 9.17) is 4.74 Å². The van der Waals surface area contributed by atoms with Crippen LogP contribution in [0, 0.1) is 0 Å². The van der Waals surface area contributed by atoms with E-state index in [9.17, 15) is 13.2 Å². The van der Waals surface area contributed by atoms with E-state index in [2.05, 4.69) is 20.7 Å². The Morgan fingerprint density at radius 2 is 1.96 bits per heavy atom. The lowest BCUT2D eigenvalue weighted by atomic mass is 10.1. The molecule has 2 rings (SSSR count). The zero-order chi connectivity index (χ0) is 18.7. The predicted octanol–water partition coefficient (Wildman–Crippen LogP) is 3.26. The molecule has 1 aliphatic rings. The summed E-state index contributed by atoms with van der Waals surface area (Å²) in [6.07, 6.45) is 1.02. The van der Waals surface area contributed by atoms with Gasteiger partial charge in [-0.1, -0.05) is 28.1 Å². The van der Waals surface area contributed by atoms with Gasteiger partial charge < -0.3 is 9.64 Å². The molecule has 8 heteroatoms. The second kappa shape index (κ2) is 8.05. The molecule has 0 aromatic heterocycles. The van der Waals surface area contributed by atoms with Crippen molar-refractivity contribution in [3.05, 3.63) is 29.8 Å². The lowest BCUT2D eigenvalue weighted by Crippen LogP contribution is -2.50. The number of nitrogens with one attached hydrogen (secondary N) is 1. The van der Waals surface area contributed by atoms with Gasteiger partial charge in [0.2, 0.25) is 10.0 Å². The summed E-state index contributed by atoms with van der Waals surface area (Å²) < 4.78 is 33.2. The number of carbonyl (C=O) groups is 1. The van der Waals surface area contributed by atoms with Gasteiger partial charge in [-0.25, -0.2) is 17.9 Å². The Bertz CT molecular complexity index is 698. The summed E-state index contributed by atoms with van der Waals surface area (Å²) in [4.78, 5) is 14.0. The van der Waals surface area contributed by atoms with Crippen molar-refractivity contribution in [3.8, 4) is 0 Å². The number of hydrogen-bond acceptors (Lipinski definition) is 4. The third-order valence-electron chi connectivity index (χ3n) is 3.78. The molecule has 1 heterocycles. The van der Waals surface area contributed by atoms with Crippen molar-refractivity contribution >= 4 is 32.0 Å². The van der Waals surface area contributed by atoms with Crippen molar-refractivity contribution in [2.45, 2.75) is 55.5 Å². The molecule has 140 valence electrons. The van der Waals surface area contributed by atoms with Crippen molar-refractivity contribution in [2.24, 2.45) is 0 Å². The van der Waals surface area contributed by atoms with Crippen LogP contribution in [0.1, 0.15) is 39.2 Å². The Kier molecular flexibility index (Phi) is 6.51. The minimum Gasteiger partial charge on any atom is -0.444 e. The van der Waals surface area contributed by atoms with E-state index < -0.39 is 21.7 Å². The van der Waals surface area contributed by atoms with E-state index in [0.29, 0.717) is 24.8 Å². The van der Waals surface area contributed by atoms with E-state index >= 15 is 0 Å². The summed E-state index contributed by atoms with van der Waals surface area (Å²) in [6, 6.07) is 6.41. The molecule has 1 fully saturated rings. The summed E-state index contributed by atoms with van der Waals surface area (Å²) in [7, 11) is -3.61. The predicted molar refractivity (Wildman–Crippen MR) is 100 cm³/mol. The van der Waals surface area contributed by atoms with Crippen LogP contribution in [-0.4, -0.2) is 44.1 Å². The summed E-state index contributed by atoms with van der Waals surface area (Å²) in [5.74, 6) is 0. The maximum absolute atomic E-state index is 12.5. The molecule has 1 N–H and O–H groups in total. The fraction of sp³-hybridized carbons (Fsp3) is 0.588. The number of benzene rings is 1. The van der Waals surface area contributed by atoms with Crippen molar-refractivity contribution < 1.29 is 17.9 Å². The first kappa shape index (κ1) is 20.2. The van der Waals surface area contributed by atoms with Crippen molar-refractivity contribution in [2.75, 3.05) is 13.1 Å². The maximum atomic E-state index is 12.5. The first-order chi connectivity index (χ1) is 11.6. The molecule has 1 unspecified atom stereocenters. The highest BCUT2D eigenvalue weighted by molar-refractivity contribution is 9.08. The monoisotopic (exact) mass is 432 g/mol. The van der Waals surface area contributed by atoms with E-state index in [1.807, 2.05) is 20.8 Å². The number of likely N-dealkylation sites (tertiary alicyclic amines) is 1.